The first-order chi connectivity index (χ1) is 6.06. The van der Waals surface area contributed by atoms with Crippen LogP contribution in [0.25, 0.3) is 0 Å². The highest BCUT2D eigenvalue weighted by Crippen LogP contribution is 2.24. The molecule has 6 heteroatoms. The molecule has 0 fully saturated rings. The number of hydrogen-bond donors (Lipinski definition) is 1. The van der Waals surface area contributed by atoms with E-state index < -0.39 is 12.0 Å². The summed E-state index contributed by atoms with van der Waals surface area (Å²) in [6.07, 6.45) is -2.68. The minimum absolute atomic E-state index is 0.00222. The molecule has 0 spiro atoms. The summed E-state index contributed by atoms with van der Waals surface area (Å²) in [6.45, 7) is 0. The molecule has 0 bridgehead atoms. The molecule has 13 heavy (non-hydrogen) atoms. The zero-order chi connectivity index (χ0) is 10.0. The van der Waals surface area contributed by atoms with Crippen molar-refractivity contribution in [2.45, 2.75) is 12.3 Å². The Bertz CT molecular complexity index is 366. The molecule has 1 N–H and O–H groups in total. The van der Waals surface area contributed by atoms with Crippen LogP contribution in [0.4, 0.5) is 8.78 Å². The van der Waals surface area contributed by atoms with Crippen LogP contribution < -0.4 is 5.56 Å². The molecule has 0 amide bonds. The summed E-state index contributed by atoms with van der Waals surface area (Å²) in [5, 5.41) is 0. The Morgan fingerprint density at radius 3 is 2.69 bits per heavy atom. The van der Waals surface area contributed by atoms with E-state index in [1.807, 2.05) is 0 Å². The summed E-state index contributed by atoms with van der Waals surface area (Å²) in [4.78, 5) is 13.4. The number of nitrogens with one attached hydrogen (secondary N) is 1. The Kier molecular flexibility index (Phi) is 3.44. The van der Waals surface area contributed by atoms with Crippen molar-refractivity contribution in [3.63, 3.8) is 0 Å². The number of aromatic nitrogens is 1. The molecule has 0 unspecified atom stereocenters. The summed E-state index contributed by atoms with van der Waals surface area (Å²) < 4.78 is 24.5. The van der Waals surface area contributed by atoms with Crippen molar-refractivity contribution in [3.8, 4) is 0 Å². The van der Waals surface area contributed by atoms with Gasteiger partial charge in [0.25, 0.3) is 12.0 Å². The van der Waals surface area contributed by atoms with Gasteiger partial charge in [0.05, 0.1) is 10.4 Å². The second-order valence-electron chi connectivity index (χ2n) is 2.33. The van der Waals surface area contributed by atoms with E-state index in [1.165, 1.54) is 6.07 Å². The molecule has 1 aromatic rings. The largest absolute Gasteiger partial charge is 0.324 e. The van der Waals surface area contributed by atoms with E-state index in [9.17, 15) is 13.6 Å². The molecule has 0 aliphatic heterocycles. The quantitative estimate of drug-likeness (QED) is 0.825. The van der Waals surface area contributed by atoms with Gasteiger partial charge in [-0.25, -0.2) is 8.78 Å². The first-order valence-corrected chi connectivity index (χ1v) is 4.64. The molecule has 0 saturated carbocycles. The molecule has 0 aliphatic carbocycles. The summed E-state index contributed by atoms with van der Waals surface area (Å²) in [6, 6.07) is 1.17. The van der Waals surface area contributed by atoms with Crippen LogP contribution in [0.3, 0.4) is 0 Å². The van der Waals surface area contributed by atoms with Gasteiger partial charge in [-0.1, -0.05) is 0 Å². The summed E-state index contributed by atoms with van der Waals surface area (Å²) >= 11 is 8.17. The predicted molar refractivity (Wildman–Crippen MR) is 49.3 cm³/mol. The van der Waals surface area contributed by atoms with E-state index in [1.54, 1.807) is 0 Å². The second kappa shape index (κ2) is 4.19. The average molecular weight is 272 g/mol. The number of hydrogen-bond acceptors (Lipinski definition) is 1. The van der Waals surface area contributed by atoms with E-state index >= 15 is 0 Å². The summed E-state index contributed by atoms with van der Waals surface area (Å²) in [5.41, 5.74) is -0.641. The van der Waals surface area contributed by atoms with Crippen molar-refractivity contribution < 1.29 is 8.78 Å². The maximum atomic E-state index is 12.3. The lowest BCUT2D eigenvalue weighted by atomic mass is 10.2. The highest BCUT2D eigenvalue weighted by atomic mass is 79.9. The van der Waals surface area contributed by atoms with Gasteiger partial charge in [0, 0.05) is 11.3 Å². The maximum absolute atomic E-state index is 12.3. The van der Waals surface area contributed by atoms with Crippen molar-refractivity contribution >= 4 is 27.5 Å². The fraction of sp³-hybridized carbons (Fsp3) is 0.286. The molecular weight excluding hydrogens is 267 g/mol. The Morgan fingerprint density at radius 2 is 2.23 bits per heavy atom. The molecule has 1 rings (SSSR count). The third kappa shape index (κ3) is 2.28. The number of H-pyrrole nitrogens is 1. The predicted octanol–water partition coefficient (Wildman–Crippen LogP) is 2.81. The number of halogens is 4. The van der Waals surface area contributed by atoms with E-state index in [-0.39, 0.29) is 21.6 Å². The molecule has 0 aromatic carbocycles. The van der Waals surface area contributed by atoms with Crippen molar-refractivity contribution in [3.05, 3.63) is 32.2 Å². The van der Waals surface area contributed by atoms with Crippen LogP contribution in [-0.2, 0) is 5.88 Å². The fourth-order valence-electron chi connectivity index (χ4n) is 0.850. The average Bonchev–Trinajstić information content (AvgIpc) is 2.09. The number of rotatable bonds is 2. The standard InChI is InChI=1S/C7H5BrClF2NO/c8-5-4(6(10)11)1-3(2-9)12-7(5)13/h1,6H,2H2,(H,12,13). The van der Waals surface area contributed by atoms with E-state index in [2.05, 4.69) is 20.9 Å². The zero-order valence-corrected chi connectivity index (χ0v) is 8.62. The van der Waals surface area contributed by atoms with Gasteiger partial charge in [0.1, 0.15) is 0 Å². The van der Waals surface area contributed by atoms with Gasteiger partial charge < -0.3 is 4.98 Å². The van der Waals surface area contributed by atoms with Gasteiger partial charge in [-0.3, -0.25) is 4.79 Å². The number of alkyl halides is 3. The lowest BCUT2D eigenvalue weighted by Crippen LogP contribution is -2.12. The normalized spacial score (nSPS) is 10.8. The minimum Gasteiger partial charge on any atom is -0.324 e. The minimum atomic E-state index is -2.68. The molecule has 0 radical (unpaired) electrons. The number of pyridine rings is 1. The molecule has 2 nitrogen and oxygen atoms in total. The molecule has 0 saturated heterocycles. The van der Waals surface area contributed by atoms with Crippen molar-refractivity contribution in [1.82, 2.24) is 4.98 Å². The Labute approximate surface area is 86.0 Å². The second-order valence-corrected chi connectivity index (χ2v) is 3.39. The van der Waals surface area contributed by atoms with Gasteiger partial charge >= 0.3 is 0 Å². The topological polar surface area (TPSA) is 32.9 Å². The highest BCUT2D eigenvalue weighted by molar-refractivity contribution is 9.10. The van der Waals surface area contributed by atoms with Gasteiger partial charge in [0.15, 0.2) is 0 Å². The Morgan fingerprint density at radius 1 is 1.62 bits per heavy atom. The van der Waals surface area contributed by atoms with Gasteiger partial charge in [-0.2, -0.15) is 0 Å². The van der Waals surface area contributed by atoms with Crippen LogP contribution in [-0.4, -0.2) is 4.98 Å². The van der Waals surface area contributed by atoms with E-state index in [4.69, 9.17) is 11.6 Å². The van der Waals surface area contributed by atoms with Gasteiger partial charge in [-0.15, -0.1) is 11.6 Å². The lowest BCUT2D eigenvalue weighted by molar-refractivity contribution is 0.150. The van der Waals surface area contributed by atoms with Crippen LogP contribution >= 0.6 is 27.5 Å². The van der Waals surface area contributed by atoms with Crippen molar-refractivity contribution in [2.75, 3.05) is 0 Å². The van der Waals surface area contributed by atoms with Crippen LogP contribution in [0.5, 0.6) is 0 Å². The molecule has 0 aliphatic rings. The molecular formula is C7H5BrClF2NO. The summed E-state index contributed by atoms with van der Waals surface area (Å²) in [5.74, 6) is 0.00222. The molecule has 0 atom stereocenters. The lowest BCUT2D eigenvalue weighted by Gasteiger charge is -2.03. The van der Waals surface area contributed by atoms with Crippen molar-refractivity contribution in [1.29, 1.82) is 0 Å². The maximum Gasteiger partial charge on any atom is 0.265 e. The summed E-state index contributed by atoms with van der Waals surface area (Å²) in [7, 11) is 0. The first-order valence-electron chi connectivity index (χ1n) is 3.32. The highest BCUT2D eigenvalue weighted by Gasteiger charge is 2.15. The third-order valence-corrected chi connectivity index (χ3v) is 2.54. The zero-order valence-electron chi connectivity index (χ0n) is 6.28. The van der Waals surface area contributed by atoms with Crippen LogP contribution in [0.2, 0.25) is 0 Å². The van der Waals surface area contributed by atoms with E-state index in [0.29, 0.717) is 0 Å². The monoisotopic (exact) mass is 271 g/mol. The number of aromatic amines is 1. The molecule has 72 valence electrons. The van der Waals surface area contributed by atoms with Crippen LogP contribution in [0.15, 0.2) is 15.3 Å². The van der Waals surface area contributed by atoms with Gasteiger partial charge in [-0.05, 0) is 22.0 Å². The van der Waals surface area contributed by atoms with Crippen LogP contribution in [0.1, 0.15) is 17.7 Å². The molecule has 1 heterocycles. The Hall–Kier alpha value is -0.420. The fourth-order valence-corrected chi connectivity index (χ4v) is 1.38. The SMILES string of the molecule is O=c1[nH]c(CCl)cc(C(F)F)c1Br. The van der Waals surface area contributed by atoms with Crippen molar-refractivity contribution in [2.24, 2.45) is 0 Å². The van der Waals surface area contributed by atoms with E-state index in [0.717, 1.165) is 0 Å². The smallest absolute Gasteiger partial charge is 0.265 e. The third-order valence-electron chi connectivity index (χ3n) is 1.44. The van der Waals surface area contributed by atoms with Gasteiger partial charge in [0.2, 0.25) is 0 Å². The first kappa shape index (κ1) is 10.7. The Balaban J connectivity index is 3.33. The molecule has 1 aromatic heterocycles. The van der Waals surface area contributed by atoms with Crippen LogP contribution in [0, 0.1) is 0 Å².